The highest BCUT2D eigenvalue weighted by atomic mass is 16.5. The van der Waals surface area contributed by atoms with E-state index >= 15 is 0 Å². The molecule has 2 aliphatic heterocycles. The van der Waals surface area contributed by atoms with Crippen molar-refractivity contribution in [2.24, 2.45) is 5.41 Å². The molecule has 0 radical (unpaired) electrons. The first-order valence-electron chi connectivity index (χ1n) is 8.79. The lowest BCUT2D eigenvalue weighted by Crippen LogP contribution is -2.44. The first-order chi connectivity index (χ1) is 10.6. The number of hydrogen-bond acceptors (Lipinski definition) is 3. The molecule has 2 heterocycles. The normalized spacial score (nSPS) is 21.3. The molecule has 0 atom stereocenters. The van der Waals surface area contributed by atoms with Crippen LogP contribution in [0.4, 0.5) is 5.69 Å². The van der Waals surface area contributed by atoms with Crippen LogP contribution < -0.4 is 10.1 Å². The number of piperidine rings is 1. The minimum Gasteiger partial charge on any atom is -0.493 e. The van der Waals surface area contributed by atoms with Crippen molar-refractivity contribution in [1.82, 2.24) is 4.90 Å². The number of fused-ring (bicyclic) bond motifs is 1. The van der Waals surface area contributed by atoms with E-state index in [0.29, 0.717) is 11.5 Å². The quantitative estimate of drug-likeness (QED) is 0.912. The Morgan fingerprint density at radius 1 is 1.27 bits per heavy atom. The van der Waals surface area contributed by atoms with Gasteiger partial charge in [-0.15, -0.1) is 0 Å². The molecule has 0 bridgehead atoms. The van der Waals surface area contributed by atoms with Gasteiger partial charge < -0.3 is 15.0 Å². The zero-order valence-electron chi connectivity index (χ0n) is 14.3. The van der Waals surface area contributed by atoms with Crippen LogP contribution in [0, 0.1) is 5.41 Å². The molecule has 1 fully saturated rings. The maximum atomic E-state index is 6.16. The number of benzene rings is 1. The fourth-order valence-electron chi connectivity index (χ4n) is 3.52. The lowest BCUT2D eigenvalue weighted by atomic mass is 9.81. The van der Waals surface area contributed by atoms with Gasteiger partial charge in [0, 0.05) is 23.7 Å². The average molecular weight is 302 g/mol. The molecule has 0 unspecified atom stereocenters. The Kier molecular flexibility index (Phi) is 4.62. The van der Waals surface area contributed by atoms with Crippen molar-refractivity contribution in [2.45, 2.75) is 52.5 Å². The highest BCUT2D eigenvalue weighted by Crippen LogP contribution is 2.33. The topological polar surface area (TPSA) is 24.5 Å². The van der Waals surface area contributed by atoms with Gasteiger partial charge in [-0.1, -0.05) is 6.92 Å². The molecular formula is C19H30N2O. The minimum absolute atomic E-state index is 0.319. The molecule has 1 aromatic rings. The van der Waals surface area contributed by atoms with E-state index in [1.165, 1.54) is 50.0 Å². The van der Waals surface area contributed by atoms with Crippen molar-refractivity contribution in [3.63, 3.8) is 0 Å². The average Bonchev–Trinajstić information content (AvgIpc) is 2.53. The number of likely N-dealkylation sites (tertiary alicyclic amines) is 1. The van der Waals surface area contributed by atoms with Crippen LogP contribution in [0.2, 0.25) is 0 Å². The van der Waals surface area contributed by atoms with E-state index in [4.69, 9.17) is 4.74 Å². The molecule has 0 spiro atoms. The summed E-state index contributed by atoms with van der Waals surface area (Å²) in [7, 11) is 0. The van der Waals surface area contributed by atoms with E-state index in [1.54, 1.807) is 0 Å². The van der Waals surface area contributed by atoms with E-state index in [2.05, 4.69) is 49.2 Å². The largest absolute Gasteiger partial charge is 0.493 e. The molecule has 0 amide bonds. The standard InChI is InChI=1S/C19H30N2O/c1-15(2)21-11-8-19(3,9-12-21)14-22-17-6-7-18-16(13-17)5-4-10-20-18/h6-7,13,15,20H,4-5,8-12,14H2,1-3H3. The second kappa shape index (κ2) is 6.49. The Balaban J connectivity index is 1.56. The Bertz CT molecular complexity index is 504. The highest BCUT2D eigenvalue weighted by Gasteiger charge is 2.31. The third-order valence-corrected chi connectivity index (χ3v) is 5.34. The first-order valence-corrected chi connectivity index (χ1v) is 8.79. The molecule has 3 rings (SSSR count). The van der Waals surface area contributed by atoms with Crippen molar-refractivity contribution in [3.05, 3.63) is 23.8 Å². The summed E-state index contributed by atoms with van der Waals surface area (Å²) in [5.41, 5.74) is 3.01. The third kappa shape index (κ3) is 3.57. The second-order valence-corrected chi connectivity index (χ2v) is 7.58. The summed E-state index contributed by atoms with van der Waals surface area (Å²) in [5, 5.41) is 3.46. The van der Waals surface area contributed by atoms with Gasteiger partial charge in [0.1, 0.15) is 5.75 Å². The Labute approximate surface area is 135 Å². The summed E-state index contributed by atoms with van der Waals surface area (Å²) in [6, 6.07) is 7.18. The molecule has 122 valence electrons. The lowest BCUT2D eigenvalue weighted by molar-refractivity contribution is 0.0553. The third-order valence-electron chi connectivity index (χ3n) is 5.34. The number of hydrogen-bond donors (Lipinski definition) is 1. The molecule has 1 N–H and O–H groups in total. The van der Waals surface area contributed by atoms with Crippen LogP contribution in [0.5, 0.6) is 5.75 Å². The number of ether oxygens (including phenoxy) is 1. The lowest BCUT2D eigenvalue weighted by Gasteiger charge is -2.40. The SMILES string of the molecule is CC(C)N1CCC(C)(COc2ccc3c(c2)CCCN3)CC1. The van der Waals surface area contributed by atoms with Gasteiger partial charge in [-0.3, -0.25) is 0 Å². The van der Waals surface area contributed by atoms with Crippen molar-refractivity contribution >= 4 is 5.69 Å². The van der Waals surface area contributed by atoms with E-state index in [9.17, 15) is 0 Å². The summed E-state index contributed by atoms with van der Waals surface area (Å²) in [4.78, 5) is 2.58. The Morgan fingerprint density at radius 3 is 2.77 bits per heavy atom. The molecular weight excluding hydrogens is 272 g/mol. The molecule has 0 aromatic heterocycles. The number of nitrogens with one attached hydrogen (secondary N) is 1. The highest BCUT2D eigenvalue weighted by molar-refractivity contribution is 5.55. The fraction of sp³-hybridized carbons (Fsp3) is 0.684. The second-order valence-electron chi connectivity index (χ2n) is 7.58. The summed E-state index contributed by atoms with van der Waals surface area (Å²) in [6.07, 6.45) is 4.86. The summed E-state index contributed by atoms with van der Waals surface area (Å²) < 4.78 is 6.16. The number of anilines is 1. The van der Waals surface area contributed by atoms with E-state index in [-0.39, 0.29) is 0 Å². The molecule has 1 saturated heterocycles. The minimum atomic E-state index is 0.319. The number of rotatable bonds is 4. The van der Waals surface area contributed by atoms with Crippen molar-refractivity contribution in [3.8, 4) is 5.75 Å². The summed E-state index contributed by atoms with van der Waals surface area (Å²) >= 11 is 0. The summed E-state index contributed by atoms with van der Waals surface area (Å²) in [6.45, 7) is 11.3. The maximum absolute atomic E-state index is 6.16. The predicted molar refractivity (Wildman–Crippen MR) is 92.8 cm³/mol. The van der Waals surface area contributed by atoms with Crippen LogP contribution >= 0.6 is 0 Å². The molecule has 3 heteroatoms. The van der Waals surface area contributed by atoms with Crippen LogP contribution in [-0.4, -0.2) is 37.2 Å². The van der Waals surface area contributed by atoms with Crippen LogP contribution in [-0.2, 0) is 6.42 Å². The Morgan fingerprint density at radius 2 is 2.05 bits per heavy atom. The van der Waals surface area contributed by atoms with Crippen LogP contribution in [0.3, 0.4) is 0 Å². The van der Waals surface area contributed by atoms with Crippen LogP contribution in [0.15, 0.2) is 18.2 Å². The van der Waals surface area contributed by atoms with Gasteiger partial charge in [0.25, 0.3) is 0 Å². The van der Waals surface area contributed by atoms with Gasteiger partial charge in [0.05, 0.1) is 6.61 Å². The Hall–Kier alpha value is -1.22. The zero-order chi connectivity index (χ0) is 15.6. The fourth-order valence-corrected chi connectivity index (χ4v) is 3.52. The molecule has 1 aromatic carbocycles. The van der Waals surface area contributed by atoms with Gasteiger partial charge in [-0.05, 0) is 76.4 Å². The first kappa shape index (κ1) is 15.7. The molecule has 22 heavy (non-hydrogen) atoms. The van der Waals surface area contributed by atoms with E-state index in [1.807, 2.05) is 0 Å². The van der Waals surface area contributed by atoms with Crippen LogP contribution in [0.25, 0.3) is 0 Å². The maximum Gasteiger partial charge on any atom is 0.119 e. The molecule has 2 aliphatic rings. The van der Waals surface area contributed by atoms with Gasteiger partial charge in [-0.2, -0.15) is 0 Å². The van der Waals surface area contributed by atoms with Crippen LogP contribution in [0.1, 0.15) is 45.6 Å². The van der Waals surface area contributed by atoms with Gasteiger partial charge >= 0.3 is 0 Å². The van der Waals surface area contributed by atoms with Gasteiger partial charge in [-0.25, -0.2) is 0 Å². The zero-order valence-corrected chi connectivity index (χ0v) is 14.3. The smallest absolute Gasteiger partial charge is 0.119 e. The number of aryl methyl sites for hydroxylation is 1. The number of nitrogens with zero attached hydrogens (tertiary/aromatic N) is 1. The van der Waals surface area contributed by atoms with Gasteiger partial charge in [0.2, 0.25) is 0 Å². The van der Waals surface area contributed by atoms with Crippen molar-refractivity contribution < 1.29 is 4.74 Å². The summed E-state index contributed by atoms with van der Waals surface area (Å²) in [5.74, 6) is 1.04. The predicted octanol–water partition coefficient (Wildman–Crippen LogP) is 3.93. The molecule has 0 aliphatic carbocycles. The van der Waals surface area contributed by atoms with E-state index in [0.717, 1.165) is 18.9 Å². The molecule has 0 saturated carbocycles. The van der Waals surface area contributed by atoms with Crippen molar-refractivity contribution in [1.29, 1.82) is 0 Å². The molecule has 3 nitrogen and oxygen atoms in total. The monoisotopic (exact) mass is 302 g/mol. The van der Waals surface area contributed by atoms with Crippen molar-refractivity contribution in [2.75, 3.05) is 31.6 Å². The van der Waals surface area contributed by atoms with Gasteiger partial charge in [0.15, 0.2) is 0 Å². The van der Waals surface area contributed by atoms with E-state index < -0.39 is 0 Å².